The fourth-order valence-corrected chi connectivity index (χ4v) is 2.29. The first-order valence-corrected chi connectivity index (χ1v) is 5.61. The number of nitrogens with two attached hydrogens (primary N) is 1. The molecular formula is C10H10F2N4S. The second kappa shape index (κ2) is 4.82. The number of benzene rings is 1. The molecule has 0 fully saturated rings. The third-order valence-corrected chi connectivity index (χ3v) is 3.29. The fraction of sp³-hybridized carbons (Fsp3) is 0.200. The van der Waals surface area contributed by atoms with Crippen molar-refractivity contribution in [2.24, 2.45) is 5.84 Å². The zero-order valence-corrected chi connectivity index (χ0v) is 9.76. The van der Waals surface area contributed by atoms with E-state index in [1.54, 1.807) is 6.92 Å². The highest BCUT2D eigenvalue weighted by atomic mass is 32.1. The molecule has 0 radical (unpaired) electrons. The second-order valence-electron chi connectivity index (χ2n) is 3.46. The zero-order chi connectivity index (χ0) is 12.4. The maximum absolute atomic E-state index is 13.6. The van der Waals surface area contributed by atoms with Crippen molar-refractivity contribution in [2.45, 2.75) is 13.0 Å². The summed E-state index contributed by atoms with van der Waals surface area (Å²) in [5.41, 5.74) is 2.87. The molecule has 1 atom stereocenters. The smallest absolute Gasteiger partial charge is 0.131 e. The van der Waals surface area contributed by atoms with Gasteiger partial charge in [-0.2, -0.15) is 0 Å². The average molecular weight is 256 g/mol. The maximum atomic E-state index is 13.6. The quantitative estimate of drug-likeness (QED) is 0.648. The number of hydrogen-bond donors (Lipinski definition) is 2. The summed E-state index contributed by atoms with van der Waals surface area (Å²) in [6.45, 7) is 1.71. The normalized spacial score (nSPS) is 12.7. The summed E-state index contributed by atoms with van der Waals surface area (Å²) in [4.78, 5) is 0.594. The predicted octanol–water partition coefficient (Wildman–Crippen LogP) is 1.68. The van der Waals surface area contributed by atoms with Crippen LogP contribution in [0.4, 0.5) is 8.78 Å². The molecular weight excluding hydrogens is 246 g/mol. The lowest BCUT2D eigenvalue weighted by Gasteiger charge is -2.16. The van der Waals surface area contributed by atoms with Crippen LogP contribution in [-0.2, 0) is 0 Å². The van der Waals surface area contributed by atoms with Crippen LogP contribution in [0, 0.1) is 18.6 Å². The number of nitrogens with one attached hydrogen (secondary N) is 1. The molecule has 90 valence electrons. The molecule has 1 aromatic heterocycles. The predicted molar refractivity (Wildman–Crippen MR) is 60.2 cm³/mol. The van der Waals surface area contributed by atoms with Gasteiger partial charge in [-0.15, -0.1) is 5.10 Å². The Balaban J connectivity index is 2.53. The van der Waals surface area contributed by atoms with Gasteiger partial charge in [0, 0.05) is 5.56 Å². The number of hydrazine groups is 1. The summed E-state index contributed by atoms with van der Waals surface area (Å²) < 4.78 is 31.0. The summed E-state index contributed by atoms with van der Waals surface area (Å²) in [6.07, 6.45) is 0. The summed E-state index contributed by atoms with van der Waals surface area (Å²) in [5, 5.41) is 3.80. The van der Waals surface area contributed by atoms with Crippen molar-refractivity contribution >= 4 is 11.5 Å². The van der Waals surface area contributed by atoms with E-state index in [4.69, 9.17) is 5.84 Å². The Morgan fingerprint density at radius 3 is 2.47 bits per heavy atom. The highest BCUT2D eigenvalue weighted by Gasteiger charge is 2.24. The van der Waals surface area contributed by atoms with E-state index in [2.05, 4.69) is 15.0 Å². The van der Waals surface area contributed by atoms with Gasteiger partial charge in [0.1, 0.15) is 11.6 Å². The van der Waals surface area contributed by atoms with Crippen molar-refractivity contribution < 1.29 is 8.78 Å². The van der Waals surface area contributed by atoms with Crippen LogP contribution in [0.25, 0.3) is 0 Å². The van der Waals surface area contributed by atoms with Gasteiger partial charge in [-0.05, 0) is 30.6 Å². The van der Waals surface area contributed by atoms with Crippen molar-refractivity contribution in [3.8, 4) is 0 Å². The van der Waals surface area contributed by atoms with Crippen molar-refractivity contribution in [1.29, 1.82) is 0 Å². The lowest BCUT2D eigenvalue weighted by atomic mass is 10.0. The first kappa shape index (κ1) is 12.0. The standard InChI is InChI=1S/C10H10F2N4S/c1-5-10(17-16-15-5)9(14-13)8-6(11)3-2-4-7(8)12/h2-4,9,14H,13H2,1H3. The Hall–Kier alpha value is -1.44. The Morgan fingerprint density at radius 1 is 1.35 bits per heavy atom. The van der Waals surface area contributed by atoms with Crippen molar-refractivity contribution in [3.05, 3.63) is 46.0 Å². The van der Waals surface area contributed by atoms with Crippen LogP contribution in [0.3, 0.4) is 0 Å². The maximum Gasteiger partial charge on any atom is 0.131 e. The van der Waals surface area contributed by atoms with Crippen LogP contribution < -0.4 is 11.3 Å². The van der Waals surface area contributed by atoms with E-state index >= 15 is 0 Å². The highest BCUT2D eigenvalue weighted by Crippen LogP contribution is 2.29. The monoisotopic (exact) mass is 256 g/mol. The van der Waals surface area contributed by atoms with Crippen LogP contribution >= 0.6 is 11.5 Å². The molecule has 0 aliphatic heterocycles. The van der Waals surface area contributed by atoms with E-state index in [9.17, 15) is 8.78 Å². The number of aromatic nitrogens is 2. The number of halogens is 2. The number of aryl methyl sites for hydroxylation is 1. The Bertz CT molecular complexity index is 509. The molecule has 1 heterocycles. The second-order valence-corrected chi connectivity index (χ2v) is 4.24. The molecule has 17 heavy (non-hydrogen) atoms. The van der Waals surface area contributed by atoms with E-state index in [1.165, 1.54) is 18.2 Å². The van der Waals surface area contributed by atoms with Gasteiger partial charge >= 0.3 is 0 Å². The van der Waals surface area contributed by atoms with Crippen LogP contribution in [0.1, 0.15) is 22.2 Å². The van der Waals surface area contributed by atoms with E-state index in [0.29, 0.717) is 10.6 Å². The number of rotatable bonds is 3. The molecule has 0 aliphatic carbocycles. The summed E-state index contributed by atoms with van der Waals surface area (Å²) in [5.74, 6) is 4.07. The van der Waals surface area contributed by atoms with Gasteiger partial charge in [0.15, 0.2) is 0 Å². The molecule has 0 spiro atoms. The first-order valence-electron chi connectivity index (χ1n) is 4.84. The Kier molecular flexibility index (Phi) is 3.41. The lowest BCUT2D eigenvalue weighted by molar-refractivity contribution is 0.512. The van der Waals surface area contributed by atoms with E-state index < -0.39 is 17.7 Å². The molecule has 0 saturated carbocycles. The molecule has 0 bridgehead atoms. The summed E-state index contributed by atoms with van der Waals surface area (Å²) in [6, 6.07) is 2.90. The van der Waals surface area contributed by atoms with Gasteiger partial charge in [0.2, 0.25) is 0 Å². The van der Waals surface area contributed by atoms with Crippen molar-refractivity contribution in [1.82, 2.24) is 15.0 Å². The van der Waals surface area contributed by atoms with E-state index in [-0.39, 0.29) is 5.56 Å². The molecule has 0 amide bonds. The molecule has 3 N–H and O–H groups in total. The number of hydrogen-bond acceptors (Lipinski definition) is 5. The molecule has 4 nitrogen and oxygen atoms in total. The molecule has 1 aromatic carbocycles. The van der Waals surface area contributed by atoms with E-state index in [1.807, 2.05) is 0 Å². The largest absolute Gasteiger partial charge is 0.271 e. The summed E-state index contributed by atoms with van der Waals surface area (Å²) >= 11 is 1.06. The summed E-state index contributed by atoms with van der Waals surface area (Å²) in [7, 11) is 0. The van der Waals surface area contributed by atoms with Gasteiger partial charge in [-0.3, -0.25) is 5.84 Å². The van der Waals surface area contributed by atoms with Gasteiger partial charge in [-0.25, -0.2) is 14.2 Å². The highest BCUT2D eigenvalue weighted by molar-refractivity contribution is 7.05. The number of nitrogens with zero attached hydrogens (tertiary/aromatic N) is 2. The van der Waals surface area contributed by atoms with E-state index in [0.717, 1.165) is 11.5 Å². The van der Waals surface area contributed by atoms with Crippen LogP contribution in [0.15, 0.2) is 18.2 Å². The molecule has 1 unspecified atom stereocenters. The fourth-order valence-electron chi connectivity index (χ4n) is 1.58. The Labute approximate surface area is 101 Å². The Morgan fingerprint density at radius 2 is 2.00 bits per heavy atom. The van der Waals surface area contributed by atoms with Crippen molar-refractivity contribution in [2.75, 3.05) is 0 Å². The SMILES string of the molecule is Cc1nnsc1C(NN)c1c(F)cccc1F. The third-order valence-electron chi connectivity index (χ3n) is 2.40. The van der Waals surface area contributed by atoms with Gasteiger partial charge in [0.05, 0.1) is 16.6 Å². The molecule has 0 aliphatic rings. The minimum absolute atomic E-state index is 0.121. The lowest BCUT2D eigenvalue weighted by Crippen LogP contribution is -2.30. The molecule has 2 aromatic rings. The molecule has 2 rings (SSSR count). The van der Waals surface area contributed by atoms with Crippen molar-refractivity contribution in [3.63, 3.8) is 0 Å². The van der Waals surface area contributed by atoms with Gasteiger partial charge in [-0.1, -0.05) is 10.6 Å². The third kappa shape index (κ3) is 2.17. The van der Waals surface area contributed by atoms with Crippen LogP contribution in [-0.4, -0.2) is 9.59 Å². The van der Waals surface area contributed by atoms with Crippen LogP contribution in [0.5, 0.6) is 0 Å². The zero-order valence-electron chi connectivity index (χ0n) is 8.95. The first-order chi connectivity index (χ1) is 8.15. The minimum Gasteiger partial charge on any atom is -0.271 e. The van der Waals surface area contributed by atoms with Crippen LogP contribution in [0.2, 0.25) is 0 Å². The minimum atomic E-state index is -0.781. The topological polar surface area (TPSA) is 63.8 Å². The van der Waals surface area contributed by atoms with Gasteiger partial charge < -0.3 is 0 Å². The average Bonchev–Trinajstić information content (AvgIpc) is 2.70. The molecule has 0 saturated heterocycles. The van der Waals surface area contributed by atoms with Gasteiger partial charge in [0.25, 0.3) is 0 Å². The molecule has 7 heteroatoms.